The van der Waals surface area contributed by atoms with Gasteiger partial charge in [0.1, 0.15) is 5.82 Å². The van der Waals surface area contributed by atoms with Crippen LogP contribution < -0.4 is 4.74 Å². The van der Waals surface area contributed by atoms with Gasteiger partial charge in [0.15, 0.2) is 17.1 Å². The van der Waals surface area contributed by atoms with Crippen LogP contribution in [0.15, 0.2) is 36.5 Å². The minimum absolute atomic E-state index is 0.112. The van der Waals surface area contributed by atoms with Gasteiger partial charge in [-0.15, -0.1) is 10.2 Å². The van der Waals surface area contributed by atoms with Crippen LogP contribution in [0, 0.1) is 0 Å². The Labute approximate surface area is 169 Å². The monoisotopic (exact) mass is 420 g/mol. The molecule has 0 aliphatic carbocycles. The predicted octanol–water partition coefficient (Wildman–Crippen LogP) is 3.48. The first-order valence-electron chi connectivity index (χ1n) is 9.36. The number of likely N-dealkylation sites (tertiary alicyclic amines) is 1. The second-order valence-electron chi connectivity index (χ2n) is 7.15. The zero-order valence-corrected chi connectivity index (χ0v) is 16.1. The molecule has 4 rings (SSSR count). The molecule has 0 spiro atoms. The topological polar surface area (TPSA) is 80.0 Å². The maximum Gasteiger partial charge on any atom is 0.417 e. The van der Waals surface area contributed by atoms with E-state index in [0.717, 1.165) is 12.3 Å². The Morgan fingerprint density at radius 2 is 2.03 bits per heavy atom. The molecule has 1 fully saturated rings. The Hall–Kier alpha value is -3.30. The van der Waals surface area contributed by atoms with E-state index in [0.29, 0.717) is 30.9 Å². The fraction of sp³-hybridized carbons (Fsp3) is 0.350. The molecule has 1 aliphatic heterocycles. The van der Waals surface area contributed by atoms with Crippen molar-refractivity contribution in [1.82, 2.24) is 19.5 Å². The SMILES string of the molecule is COc1cccc(C(=O)N2CCC[C@H](c3nnc4ccc(C(F)(F)F)cn34)C2)c1O. The summed E-state index contributed by atoms with van der Waals surface area (Å²) in [5, 5.41) is 18.3. The summed E-state index contributed by atoms with van der Waals surface area (Å²) in [4.78, 5) is 14.5. The van der Waals surface area contributed by atoms with E-state index in [1.54, 1.807) is 17.0 Å². The van der Waals surface area contributed by atoms with Crippen LogP contribution in [0.5, 0.6) is 11.5 Å². The zero-order valence-electron chi connectivity index (χ0n) is 16.1. The van der Waals surface area contributed by atoms with Crippen molar-refractivity contribution in [2.24, 2.45) is 0 Å². The standard InChI is InChI=1S/C20H19F3N4O3/c1-30-15-6-2-5-14(17(15)28)19(29)26-9-3-4-12(10-26)18-25-24-16-8-7-13(11-27(16)18)20(21,22)23/h2,5-8,11-12,28H,3-4,9-10H2,1H3/t12-/m0/s1. The zero-order chi connectivity index (χ0) is 21.5. The summed E-state index contributed by atoms with van der Waals surface area (Å²) in [6.07, 6.45) is -2.19. The number of methoxy groups -OCH3 is 1. The Kier molecular flexibility index (Phi) is 5.00. The first kappa shape index (κ1) is 20.0. The lowest BCUT2D eigenvalue weighted by molar-refractivity contribution is -0.137. The average Bonchev–Trinajstić information content (AvgIpc) is 3.16. The number of alkyl halides is 3. The van der Waals surface area contributed by atoms with Crippen LogP contribution in [0.4, 0.5) is 13.2 Å². The molecule has 30 heavy (non-hydrogen) atoms. The number of phenols is 1. The number of phenolic OH excluding ortho intramolecular Hbond substituents is 1. The summed E-state index contributed by atoms with van der Waals surface area (Å²) in [5.74, 6) is -0.328. The van der Waals surface area contributed by atoms with Gasteiger partial charge in [0, 0.05) is 25.2 Å². The Balaban J connectivity index is 1.63. The molecule has 7 nitrogen and oxygen atoms in total. The smallest absolute Gasteiger partial charge is 0.417 e. The number of fused-ring (bicyclic) bond motifs is 1. The van der Waals surface area contributed by atoms with E-state index in [-0.39, 0.29) is 35.4 Å². The Morgan fingerprint density at radius 3 is 2.77 bits per heavy atom. The minimum atomic E-state index is -4.48. The molecule has 1 amide bonds. The lowest BCUT2D eigenvalue weighted by Gasteiger charge is -2.32. The highest BCUT2D eigenvalue weighted by Gasteiger charge is 2.33. The molecule has 0 unspecified atom stereocenters. The molecule has 10 heteroatoms. The van der Waals surface area contributed by atoms with Crippen LogP contribution in [0.3, 0.4) is 0 Å². The van der Waals surface area contributed by atoms with Crippen molar-refractivity contribution in [3.8, 4) is 11.5 Å². The van der Waals surface area contributed by atoms with Crippen LogP contribution >= 0.6 is 0 Å². The van der Waals surface area contributed by atoms with Gasteiger partial charge >= 0.3 is 6.18 Å². The van der Waals surface area contributed by atoms with E-state index in [1.807, 2.05) is 0 Å². The Morgan fingerprint density at radius 1 is 1.23 bits per heavy atom. The quantitative estimate of drug-likeness (QED) is 0.702. The number of ether oxygens (including phenoxy) is 1. The number of hydrogen-bond donors (Lipinski definition) is 1. The third kappa shape index (κ3) is 3.53. The third-order valence-electron chi connectivity index (χ3n) is 5.28. The van der Waals surface area contributed by atoms with Gasteiger partial charge in [-0.3, -0.25) is 9.20 Å². The summed E-state index contributed by atoms with van der Waals surface area (Å²) in [5.41, 5.74) is -0.367. The maximum absolute atomic E-state index is 13.1. The summed E-state index contributed by atoms with van der Waals surface area (Å²) in [7, 11) is 1.39. The highest BCUT2D eigenvalue weighted by atomic mass is 19.4. The molecule has 0 bridgehead atoms. The first-order valence-corrected chi connectivity index (χ1v) is 9.36. The molecule has 2 aromatic heterocycles. The number of para-hydroxylation sites is 1. The van der Waals surface area contributed by atoms with Gasteiger partial charge < -0.3 is 14.7 Å². The van der Waals surface area contributed by atoms with Crippen molar-refractivity contribution in [3.05, 3.63) is 53.5 Å². The van der Waals surface area contributed by atoms with Gasteiger partial charge in [0.25, 0.3) is 5.91 Å². The molecule has 3 aromatic rings. The van der Waals surface area contributed by atoms with E-state index in [4.69, 9.17) is 4.74 Å². The molecule has 1 aromatic carbocycles. The van der Waals surface area contributed by atoms with Crippen LogP contribution in [0.1, 0.15) is 40.5 Å². The number of pyridine rings is 1. The molecule has 1 saturated heterocycles. The number of aromatic nitrogens is 3. The number of nitrogens with zero attached hydrogens (tertiary/aromatic N) is 4. The normalized spacial score (nSPS) is 17.3. The number of piperidine rings is 1. The van der Waals surface area contributed by atoms with Gasteiger partial charge in [0.2, 0.25) is 0 Å². The molecule has 3 heterocycles. The fourth-order valence-corrected chi connectivity index (χ4v) is 3.76. The summed E-state index contributed by atoms with van der Waals surface area (Å²) in [6, 6.07) is 6.91. The minimum Gasteiger partial charge on any atom is -0.504 e. The van der Waals surface area contributed by atoms with Gasteiger partial charge in [0.05, 0.1) is 18.2 Å². The van der Waals surface area contributed by atoms with Crippen molar-refractivity contribution < 1.29 is 27.8 Å². The lowest BCUT2D eigenvalue weighted by Crippen LogP contribution is -2.39. The van der Waals surface area contributed by atoms with E-state index in [2.05, 4.69) is 10.2 Å². The summed E-state index contributed by atoms with van der Waals surface area (Å²) in [6.45, 7) is 0.725. The first-order chi connectivity index (χ1) is 14.3. The number of hydrogen-bond acceptors (Lipinski definition) is 5. The van der Waals surface area contributed by atoms with Crippen LogP contribution in [-0.4, -0.2) is 50.7 Å². The molecular weight excluding hydrogens is 401 g/mol. The van der Waals surface area contributed by atoms with Crippen molar-refractivity contribution in [1.29, 1.82) is 0 Å². The fourth-order valence-electron chi connectivity index (χ4n) is 3.76. The molecule has 1 aliphatic rings. The number of aromatic hydroxyl groups is 1. The molecule has 0 radical (unpaired) electrons. The molecule has 1 N–H and O–H groups in total. The highest BCUT2D eigenvalue weighted by molar-refractivity contribution is 5.97. The molecule has 158 valence electrons. The number of carbonyl (C=O) groups is 1. The highest BCUT2D eigenvalue weighted by Crippen LogP contribution is 2.34. The molecule has 1 atom stereocenters. The predicted molar refractivity (Wildman–Crippen MR) is 101 cm³/mol. The van der Waals surface area contributed by atoms with Crippen molar-refractivity contribution >= 4 is 11.6 Å². The van der Waals surface area contributed by atoms with Crippen molar-refractivity contribution in [3.63, 3.8) is 0 Å². The lowest BCUT2D eigenvalue weighted by atomic mass is 9.96. The third-order valence-corrected chi connectivity index (χ3v) is 5.28. The van der Waals surface area contributed by atoms with Gasteiger partial charge in [-0.25, -0.2) is 0 Å². The van der Waals surface area contributed by atoms with E-state index >= 15 is 0 Å². The number of carbonyl (C=O) groups excluding carboxylic acids is 1. The van der Waals surface area contributed by atoms with Gasteiger partial charge in [-0.05, 0) is 37.1 Å². The van der Waals surface area contributed by atoms with Gasteiger partial charge in [-0.1, -0.05) is 6.07 Å². The second kappa shape index (κ2) is 7.51. The number of rotatable bonds is 3. The van der Waals surface area contributed by atoms with Crippen molar-refractivity contribution in [2.45, 2.75) is 24.9 Å². The van der Waals surface area contributed by atoms with E-state index in [9.17, 15) is 23.1 Å². The Bertz CT molecular complexity index is 1100. The molecular formula is C20H19F3N4O3. The second-order valence-corrected chi connectivity index (χ2v) is 7.15. The largest absolute Gasteiger partial charge is 0.504 e. The number of amides is 1. The van der Waals surface area contributed by atoms with E-state index < -0.39 is 11.7 Å². The number of halogens is 3. The molecule has 0 saturated carbocycles. The van der Waals surface area contributed by atoms with Crippen LogP contribution in [-0.2, 0) is 6.18 Å². The summed E-state index contributed by atoms with van der Waals surface area (Å²) >= 11 is 0. The van der Waals surface area contributed by atoms with E-state index in [1.165, 1.54) is 23.6 Å². The van der Waals surface area contributed by atoms with Crippen LogP contribution in [0.25, 0.3) is 5.65 Å². The summed E-state index contributed by atoms with van der Waals surface area (Å²) < 4.78 is 45.7. The van der Waals surface area contributed by atoms with Crippen molar-refractivity contribution in [2.75, 3.05) is 20.2 Å². The van der Waals surface area contributed by atoms with Gasteiger partial charge in [-0.2, -0.15) is 13.2 Å². The maximum atomic E-state index is 13.1. The van der Waals surface area contributed by atoms with Crippen LogP contribution in [0.2, 0.25) is 0 Å². The average molecular weight is 420 g/mol. The number of benzene rings is 1.